The first-order valence-corrected chi connectivity index (χ1v) is 8.45. The summed E-state index contributed by atoms with van der Waals surface area (Å²) >= 11 is 0. The largest absolute Gasteiger partial charge is 0.418 e. The Balaban J connectivity index is 2.57. The zero-order chi connectivity index (χ0) is 21.5. The highest BCUT2D eigenvalue weighted by Crippen LogP contribution is 2.53. The Hall–Kier alpha value is -2.27. The van der Waals surface area contributed by atoms with E-state index in [9.17, 15) is 48.5 Å². The number of benzene rings is 2. The Labute approximate surface area is 149 Å². The van der Waals surface area contributed by atoms with Gasteiger partial charge in [-0.05, 0) is 0 Å². The molecule has 1 unspecified atom stereocenters. The van der Waals surface area contributed by atoms with Crippen molar-refractivity contribution in [2.24, 2.45) is 0 Å². The second-order valence-corrected chi connectivity index (χ2v) is 7.08. The van der Waals surface area contributed by atoms with Crippen LogP contribution in [0.25, 0.3) is 0 Å². The molecular weight excluding hydrogens is 437 g/mol. The fraction of sp³-hybridized carbons (Fsp3) is 0.143. The lowest BCUT2D eigenvalue weighted by Crippen LogP contribution is -2.11. The molecule has 0 bridgehead atoms. The summed E-state index contributed by atoms with van der Waals surface area (Å²) < 4.78 is 154. The molecule has 28 heavy (non-hydrogen) atoms. The van der Waals surface area contributed by atoms with Crippen molar-refractivity contribution in [2.45, 2.75) is 6.16 Å². The van der Waals surface area contributed by atoms with Gasteiger partial charge in [-0.1, -0.05) is 0 Å². The van der Waals surface area contributed by atoms with Gasteiger partial charge in [-0.3, -0.25) is 0 Å². The van der Waals surface area contributed by atoms with Crippen LogP contribution in [0, 0.1) is 58.2 Å². The average Bonchev–Trinajstić information content (AvgIpc) is 2.68. The van der Waals surface area contributed by atoms with Crippen molar-refractivity contribution in [1.29, 1.82) is 0 Å². The van der Waals surface area contributed by atoms with Gasteiger partial charge in [0.1, 0.15) is 0 Å². The lowest BCUT2D eigenvalue weighted by Gasteiger charge is -2.19. The Morgan fingerprint density at radius 3 is 1.29 bits per heavy atom. The van der Waals surface area contributed by atoms with Crippen LogP contribution in [0.2, 0.25) is 0 Å². The van der Waals surface area contributed by atoms with Gasteiger partial charge < -0.3 is 9.05 Å². The van der Waals surface area contributed by atoms with Gasteiger partial charge in [-0.15, -0.1) is 0 Å². The third kappa shape index (κ3) is 3.55. The van der Waals surface area contributed by atoms with Crippen LogP contribution in [0.1, 0.15) is 5.56 Å². The molecule has 0 spiro atoms. The normalized spacial score (nSPS) is 13.5. The van der Waals surface area contributed by atoms with Crippen LogP contribution in [-0.4, -0.2) is 7.11 Å². The van der Waals surface area contributed by atoms with E-state index in [1.807, 2.05) is 0 Å². The lowest BCUT2D eigenvalue weighted by molar-refractivity contribution is 0.292. The highest BCUT2D eigenvalue weighted by atomic mass is 31.2. The molecular formula is C14H5F10O3P. The van der Waals surface area contributed by atoms with Crippen molar-refractivity contribution in [3.05, 3.63) is 63.7 Å². The van der Waals surface area contributed by atoms with Gasteiger partial charge in [0.05, 0.1) is 6.16 Å². The van der Waals surface area contributed by atoms with E-state index in [2.05, 4.69) is 9.05 Å². The van der Waals surface area contributed by atoms with Gasteiger partial charge in [-0.25, -0.2) is 39.7 Å². The standard InChI is InChI=1S/C14H5F10O3P/c1-26-28(25,2-3-4(15)6(17)8(19)7(18)5(3)16)27-14-12(23)10(21)9(20)11(22)13(14)24/h2H2,1H3. The number of rotatable bonds is 5. The third-order valence-electron chi connectivity index (χ3n) is 3.33. The third-order valence-corrected chi connectivity index (χ3v) is 5.05. The van der Waals surface area contributed by atoms with Crippen LogP contribution in [-0.2, 0) is 15.3 Å². The average molecular weight is 442 g/mol. The van der Waals surface area contributed by atoms with Gasteiger partial charge in [-0.2, -0.15) is 8.78 Å². The molecule has 0 aliphatic rings. The zero-order valence-electron chi connectivity index (χ0n) is 13.2. The van der Waals surface area contributed by atoms with Crippen LogP contribution in [0.15, 0.2) is 0 Å². The van der Waals surface area contributed by atoms with Crippen LogP contribution < -0.4 is 4.52 Å². The van der Waals surface area contributed by atoms with Gasteiger partial charge in [0, 0.05) is 12.7 Å². The summed E-state index contributed by atoms with van der Waals surface area (Å²) in [5, 5.41) is 0. The smallest absolute Gasteiger partial charge is 0.383 e. The van der Waals surface area contributed by atoms with Gasteiger partial charge in [0.25, 0.3) is 0 Å². The van der Waals surface area contributed by atoms with Crippen molar-refractivity contribution < 1.29 is 57.5 Å². The predicted molar refractivity (Wildman–Crippen MR) is 71.4 cm³/mol. The summed E-state index contributed by atoms with van der Waals surface area (Å²) in [5.41, 5.74) is -1.76. The molecule has 0 aromatic heterocycles. The lowest BCUT2D eigenvalue weighted by atomic mass is 10.2. The Morgan fingerprint density at radius 2 is 0.929 bits per heavy atom. The topological polar surface area (TPSA) is 35.5 Å². The molecule has 0 radical (unpaired) electrons. The molecule has 3 nitrogen and oxygen atoms in total. The van der Waals surface area contributed by atoms with E-state index in [1.165, 1.54) is 0 Å². The molecule has 2 aromatic carbocycles. The van der Waals surface area contributed by atoms with Crippen molar-refractivity contribution in [1.82, 2.24) is 0 Å². The van der Waals surface area contributed by atoms with Crippen molar-refractivity contribution >= 4 is 7.60 Å². The Kier molecular flexibility index (Phi) is 6.00. The van der Waals surface area contributed by atoms with Crippen LogP contribution in [0.3, 0.4) is 0 Å². The maximum atomic E-state index is 13.7. The first-order valence-electron chi connectivity index (χ1n) is 6.72. The quantitative estimate of drug-likeness (QED) is 0.266. The van der Waals surface area contributed by atoms with Crippen LogP contribution in [0.4, 0.5) is 43.9 Å². The molecule has 0 heterocycles. The van der Waals surface area contributed by atoms with Crippen molar-refractivity contribution in [3.8, 4) is 5.75 Å². The monoisotopic (exact) mass is 442 g/mol. The molecule has 0 aliphatic carbocycles. The number of hydrogen-bond donors (Lipinski definition) is 0. The SMILES string of the molecule is COP(=O)(Cc1c(F)c(F)c(F)c(F)c1F)Oc1c(F)c(F)c(F)c(F)c1F. The van der Waals surface area contributed by atoms with Gasteiger partial charge >= 0.3 is 7.60 Å². The molecule has 0 saturated carbocycles. The minimum absolute atomic E-state index is 0.471. The molecule has 0 fully saturated rings. The molecule has 0 amide bonds. The second kappa shape index (κ2) is 7.63. The van der Waals surface area contributed by atoms with E-state index in [0.29, 0.717) is 7.11 Å². The van der Waals surface area contributed by atoms with Crippen LogP contribution in [0.5, 0.6) is 5.75 Å². The van der Waals surface area contributed by atoms with E-state index < -0.39 is 83.2 Å². The molecule has 1 atom stereocenters. The van der Waals surface area contributed by atoms with Crippen LogP contribution >= 0.6 is 7.60 Å². The summed E-state index contributed by atoms with van der Waals surface area (Å²) in [6, 6.07) is 0. The van der Waals surface area contributed by atoms with E-state index in [4.69, 9.17) is 0 Å². The second-order valence-electron chi connectivity index (χ2n) is 4.99. The van der Waals surface area contributed by atoms with E-state index >= 15 is 0 Å². The Morgan fingerprint density at radius 1 is 0.607 bits per heavy atom. The highest BCUT2D eigenvalue weighted by Gasteiger charge is 2.37. The molecule has 2 aromatic rings. The molecule has 154 valence electrons. The molecule has 14 heteroatoms. The zero-order valence-corrected chi connectivity index (χ0v) is 14.1. The summed E-state index contributed by atoms with van der Waals surface area (Å²) in [4.78, 5) is 0. The molecule has 0 saturated heterocycles. The maximum Gasteiger partial charge on any atom is 0.383 e. The minimum Gasteiger partial charge on any atom is -0.418 e. The summed E-state index contributed by atoms with van der Waals surface area (Å²) in [6.07, 6.45) is -1.80. The van der Waals surface area contributed by atoms with Crippen molar-refractivity contribution in [3.63, 3.8) is 0 Å². The number of hydrogen-bond acceptors (Lipinski definition) is 3. The molecule has 2 rings (SSSR count). The summed E-state index contributed by atoms with van der Waals surface area (Å²) in [6.45, 7) is 0. The van der Waals surface area contributed by atoms with E-state index in [1.54, 1.807) is 0 Å². The maximum absolute atomic E-state index is 13.7. The van der Waals surface area contributed by atoms with E-state index in [0.717, 1.165) is 0 Å². The first-order chi connectivity index (χ1) is 12.9. The minimum atomic E-state index is -5.23. The van der Waals surface area contributed by atoms with Gasteiger partial charge in [0.15, 0.2) is 23.3 Å². The van der Waals surface area contributed by atoms with Gasteiger partial charge in [0.2, 0.25) is 40.7 Å². The predicted octanol–water partition coefficient (Wildman–Crippen LogP) is 5.50. The van der Waals surface area contributed by atoms with E-state index in [-0.39, 0.29) is 0 Å². The molecule has 0 aliphatic heterocycles. The fourth-order valence-corrected chi connectivity index (χ4v) is 3.29. The van der Waals surface area contributed by atoms with Crippen molar-refractivity contribution in [2.75, 3.05) is 7.11 Å². The highest BCUT2D eigenvalue weighted by molar-refractivity contribution is 7.53. The summed E-state index contributed by atoms with van der Waals surface area (Å²) in [5.74, 6) is -27.3. The Bertz CT molecular complexity index is 876. The molecule has 0 N–H and O–H groups in total. The number of halogens is 10. The first kappa shape index (κ1) is 22.0. The fourth-order valence-electron chi connectivity index (χ4n) is 1.92. The summed E-state index contributed by atoms with van der Waals surface area (Å²) in [7, 11) is -4.76.